The third kappa shape index (κ3) is 5.12. The van der Waals surface area contributed by atoms with Crippen molar-refractivity contribution < 1.29 is 19.4 Å². The summed E-state index contributed by atoms with van der Waals surface area (Å²) in [5, 5.41) is 11.1. The van der Waals surface area contributed by atoms with Crippen LogP contribution in [0.2, 0.25) is 0 Å². The van der Waals surface area contributed by atoms with Gasteiger partial charge in [0.15, 0.2) is 0 Å². The van der Waals surface area contributed by atoms with Gasteiger partial charge in [0, 0.05) is 17.5 Å². The zero-order chi connectivity index (χ0) is 15.0. The highest BCUT2D eigenvalue weighted by molar-refractivity contribution is 5.96. The van der Waals surface area contributed by atoms with E-state index in [2.05, 4.69) is 21.9 Å². The molecule has 1 aromatic rings. The van der Waals surface area contributed by atoms with E-state index in [1.54, 1.807) is 12.1 Å². The number of carbonyl (C=O) groups is 2. The number of methoxy groups -OCH3 is 1. The first-order valence-electron chi connectivity index (χ1n) is 6.13. The number of aryl methyl sites for hydroxylation is 1. The van der Waals surface area contributed by atoms with Gasteiger partial charge in [-0.15, -0.1) is 0 Å². The first-order chi connectivity index (χ1) is 9.56. The molecule has 0 unspecified atom stereocenters. The predicted molar refractivity (Wildman–Crippen MR) is 74.1 cm³/mol. The van der Waals surface area contributed by atoms with E-state index in [1.165, 1.54) is 7.11 Å². The molecular weight excluding hydrogens is 258 g/mol. The molecule has 1 aromatic carbocycles. The fourth-order valence-corrected chi connectivity index (χ4v) is 1.53. The summed E-state index contributed by atoms with van der Waals surface area (Å²) in [5.74, 6) is 4.81. The van der Waals surface area contributed by atoms with E-state index in [0.29, 0.717) is 17.5 Å². The van der Waals surface area contributed by atoms with Crippen LogP contribution in [0.25, 0.3) is 0 Å². The highest BCUT2D eigenvalue weighted by Gasteiger charge is 2.09. The summed E-state index contributed by atoms with van der Waals surface area (Å²) < 4.78 is 4.45. The van der Waals surface area contributed by atoms with Gasteiger partial charge in [-0.2, -0.15) is 0 Å². The number of hydrogen-bond acceptors (Lipinski definition) is 4. The van der Waals surface area contributed by atoms with Gasteiger partial charge in [-0.25, -0.2) is 0 Å². The maximum Gasteiger partial charge on any atom is 0.325 e. The molecule has 0 bridgehead atoms. The Morgan fingerprint density at radius 2 is 2.10 bits per heavy atom. The van der Waals surface area contributed by atoms with Gasteiger partial charge >= 0.3 is 5.97 Å². The summed E-state index contributed by atoms with van der Waals surface area (Å²) in [6.45, 7) is 1.69. The molecule has 5 nitrogen and oxygen atoms in total. The SMILES string of the molecule is COC(=O)CNC(=O)c1cc(C)cc(C#CCCO)c1. The molecule has 20 heavy (non-hydrogen) atoms. The van der Waals surface area contributed by atoms with Gasteiger partial charge in [-0.3, -0.25) is 9.59 Å². The average molecular weight is 275 g/mol. The van der Waals surface area contributed by atoms with Gasteiger partial charge in [-0.1, -0.05) is 11.8 Å². The number of esters is 1. The first-order valence-corrected chi connectivity index (χ1v) is 6.13. The predicted octanol–water partition coefficient (Wildman–Crippen LogP) is 0.632. The second-order valence-corrected chi connectivity index (χ2v) is 4.12. The third-order valence-electron chi connectivity index (χ3n) is 2.43. The topological polar surface area (TPSA) is 75.6 Å². The third-order valence-corrected chi connectivity index (χ3v) is 2.43. The Kier molecular flexibility index (Phi) is 6.27. The fourth-order valence-electron chi connectivity index (χ4n) is 1.53. The Morgan fingerprint density at radius 3 is 2.75 bits per heavy atom. The van der Waals surface area contributed by atoms with Crippen LogP contribution in [0, 0.1) is 18.8 Å². The molecule has 0 aromatic heterocycles. The number of amides is 1. The maximum atomic E-state index is 11.9. The zero-order valence-electron chi connectivity index (χ0n) is 11.5. The lowest BCUT2D eigenvalue weighted by molar-refractivity contribution is -0.139. The highest BCUT2D eigenvalue weighted by atomic mass is 16.5. The van der Waals surface area contributed by atoms with Crippen molar-refractivity contribution in [3.63, 3.8) is 0 Å². The van der Waals surface area contributed by atoms with E-state index in [0.717, 1.165) is 5.56 Å². The molecule has 0 radical (unpaired) electrons. The van der Waals surface area contributed by atoms with E-state index >= 15 is 0 Å². The van der Waals surface area contributed by atoms with Crippen LogP contribution in [-0.2, 0) is 9.53 Å². The van der Waals surface area contributed by atoms with E-state index in [-0.39, 0.29) is 19.1 Å². The molecular formula is C15H17NO4. The number of nitrogens with one attached hydrogen (secondary N) is 1. The number of carbonyl (C=O) groups excluding carboxylic acids is 2. The van der Waals surface area contributed by atoms with Gasteiger partial charge in [0.25, 0.3) is 5.91 Å². The Balaban J connectivity index is 2.82. The normalized spacial score (nSPS) is 9.35. The summed E-state index contributed by atoms with van der Waals surface area (Å²) >= 11 is 0. The van der Waals surface area contributed by atoms with Gasteiger partial charge in [0.2, 0.25) is 0 Å². The molecule has 0 aliphatic rings. The van der Waals surface area contributed by atoms with E-state index in [1.807, 2.05) is 13.0 Å². The standard InChI is InChI=1S/C15H17NO4/c1-11-7-12(5-3-4-6-17)9-13(8-11)15(19)16-10-14(18)20-2/h7-9,17H,4,6,10H2,1-2H3,(H,16,19). The molecule has 1 rings (SSSR count). The second kappa shape index (κ2) is 7.97. The van der Waals surface area contributed by atoms with Gasteiger partial charge in [0.05, 0.1) is 13.7 Å². The molecule has 0 saturated carbocycles. The lowest BCUT2D eigenvalue weighted by Gasteiger charge is -2.05. The Labute approximate surface area is 117 Å². The molecule has 0 heterocycles. The van der Waals surface area contributed by atoms with Crippen LogP contribution in [0.15, 0.2) is 18.2 Å². The number of rotatable bonds is 4. The summed E-state index contributed by atoms with van der Waals surface area (Å²) in [4.78, 5) is 22.9. The van der Waals surface area contributed by atoms with Crippen molar-refractivity contribution in [1.29, 1.82) is 0 Å². The first kappa shape index (κ1) is 15.7. The van der Waals surface area contributed by atoms with Crippen LogP contribution in [-0.4, -0.2) is 37.2 Å². The smallest absolute Gasteiger partial charge is 0.325 e. The number of hydrogen-bond donors (Lipinski definition) is 2. The minimum Gasteiger partial charge on any atom is -0.468 e. The second-order valence-electron chi connectivity index (χ2n) is 4.12. The number of ether oxygens (including phenoxy) is 1. The van der Waals surface area contributed by atoms with Crippen molar-refractivity contribution in [2.45, 2.75) is 13.3 Å². The van der Waals surface area contributed by atoms with Crippen molar-refractivity contribution in [3.05, 3.63) is 34.9 Å². The van der Waals surface area contributed by atoms with Gasteiger partial charge in [-0.05, 0) is 30.7 Å². The Morgan fingerprint density at radius 1 is 1.35 bits per heavy atom. The van der Waals surface area contributed by atoms with Crippen LogP contribution in [0.5, 0.6) is 0 Å². The average Bonchev–Trinajstić information content (AvgIpc) is 2.44. The Bertz CT molecular complexity index is 555. The number of benzene rings is 1. The van der Waals surface area contributed by atoms with Crippen LogP contribution in [0.4, 0.5) is 0 Å². The lowest BCUT2D eigenvalue weighted by Crippen LogP contribution is -2.30. The quantitative estimate of drug-likeness (QED) is 0.624. The lowest BCUT2D eigenvalue weighted by atomic mass is 10.1. The van der Waals surface area contributed by atoms with Crippen molar-refractivity contribution in [1.82, 2.24) is 5.32 Å². The van der Waals surface area contributed by atoms with Gasteiger partial charge in [0.1, 0.15) is 6.54 Å². The zero-order valence-corrected chi connectivity index (χ0v) is 11.5. The van der Waals surface area contributed by atoms with Crippen molar-refractivity contribution in [2.24, 2.45) is 0 Å². The molecule has 0 spiro atoms. The fraction of sp³-hybridized carbons (Fsp3) is 0.333. The molecule has 0 atom stereocenters. The molecule has 1 amide bonds. The summed E-state index contributed by atoms with van der Waals surface area (Å²) in [6, 6.07) is 5.20. The van der Waals surface area contributed by atoms with Crippen LogP contribution in [0.1, 0.15) is 27.9 Å². The number of aliphatic hydroxyl groups is 1. The van der Waals surface area contributed by atoms with Crippen LogP contribution < -0.4 is 5.32 Å². The van der Waals surface area contributed by atoms with Crippen LogP contribution >= 0.6 is 0 Å². The number of aliphatic hydroxyl groups excluding tert-OH is 1. The molecule has 0 aliphatic carbocycles. The minimum atomic E-state index is -0.506. The van der Waals surface area contributed by atoms with Crippen LogP contribution in [0.3, 0.4) is 0 Å². The summed E-state index contributed by atoms with van der Waals surface area (Å²) in [5.41, 5.74) is 2.02. The monoisotopic (exact) mass is 275 g/mol. The van der Waals surface area contributed by atoms with Crippen molar-refractivity contribution >= 4 is 11.9 Å². The molecule has 2 N–H and O–H groups in total. The summed E-state index contributed by atoms with van der Waals surface area (Å²) in [6.07, 6.45) is 0.387. The Hall–Kier alpha value is -2.32. The molecule has 5 heteroatoms. The molecule has 106 valence electrons. The largest absolute Gasteiger partial charge is 0.468 e. The van der Waals surface area contributed by atoms with E-state index in [4.69, 9.17) is 5.11 Å². The van der Waals surface area contributed by atoms with Crippen molar-refractivity contribution in [3.8, 4) is 11.8 Å². The van der Waals surface area contributed by atoms with Crippen molar-refractivity contribution in [2.75, 3.05) is 20.3 Å². The molecule has 0 aliphatic heterocycles. The maximum absolute atomic E-state index is 11.9. The molecule has 0 fully saturated rings. The van der Waals surface area contributed by atoms with E-state index in [9.17, 15) is 9.59 Å². The summed E-state index contributed by atoms with van der Waals surface area (Å²) in [7, 11) is 1.26. The highest BCUT2D eigenvalue weighted by Crippen LogP contribution is 2.09. The van der Waals surface area contributed by atoms with Gasteiger partial charge < -0.3 is 15.2 Å². The minimum absolute atomic E-state index is 0.00525. The molecule has 0 saturated heterocycles. The van der Waals surface area contributed by atoms with E-state index < -0.39 is 5.97 Å².